The second kappa shape index (κ2) is 5.85. The number of nitrogens with zero attached hydrogens (tertiary/aromatic N) is 2. The van der Waals surface area contributed by atoms with Gasteiger partial charge in [-0.3, -0.25) is 9.69 Å². The molecule has 21 heavy (non-hydrogen) atoms. The van der Waals surface area contributed by atoms with Crippen LogP contribution in [0.1, 0.15) is 38.1 Å². The lowest BCUT2D eigenvalue weighted by molar-refractivity contribution is -0.144. The summed E-state index contributed by atoms with van der Waals surface area (Å²) in [6, 6.07) is 8.16. The number of rotatable bonds is 4. The van der Waals surface area contributed by atoms with E-state index in [1.165, 1.54) is 0 Å². The van der Waals surface area contributed by atoms with Crippen molar-refractivity contribution in [2.24, 2.45) is 5.92 Å². The zero-order valence-electron chi connectivity index (χ0n) is 12.2. The lowest BCUT2D eigenvalue weighted by Gasteiger charge is -2.35. The van der Waals surface area contributed by atoms with E-state index in [9.17, 15) is 9.90 Å². The number of para-hydroxylation sites is 2. The summed E-state index contributed by atoms with van der Waals surface area (Å²) >= 11 is 0. The number of fused-ring (bicyclic) bond motifs is 1. The SMILES string of the molecule is CCC(c1nc2ccccc2[nH]1)N1CCCC(C(=O)O)C1. The largest absolute Gasteiger partial charge is 0.481 e. The molecular formula is C16H21N3O2. The summed E-state index contributed by atoms with van der Waals surface area (Å²) in [5.74, 6) is 0.0149. The molecule has 0 saturated carbocycles. The molecule has 1 aromatic carbocycles. The summed E-state index contributed by atoms with van der Waals surface area (Å²) in [6.45, 7) is 3.69. The average molecular weight is 287 g/mol. The molecule has 1 aromatic heterocycles. The molecule has 1 aliphatic heterocycles. The third-order valence-electron chi connectivity index (χ3n) is 4.35. The highest BCUT2D eigenvalue weighted by molar-refractivity contribution is 5.74. The quantitative estimate of drug-likeness (QED) is 0.907. The zero-order valence-corrected chi connectivity index (χ0v) is 12.2. The summed E-state index contributed by atoms with van der Waals surface area (Å²) in [7, 11) is 0. The highest BCUT2D eigenvalue weighted by Crippen LogP contribution is 2.29. The van der Waals surface area contributed by atoms with Gasteiger partial charge < -0.3 is 10.1 Å². The smallest absolute Gasteiger partial charge is 0.307 e. The van der Waals surface area contributed by atoms with Gasteiger partial charge in [0.25, 0.3) is 0 Å². The van der Waals surface area contributed by atoms with Gasteiger partial charge in [0, 0.05) is 6.54 Å². The van der Waals surface area contributed by atoms with E-state index < -0.39 is 5.97 Å². The Labute approximate surface area is 124 Å². The number of hydrogen-bond acceptors (Lipinski definition) is 3. The topological polar surface area (TPSA) is 69.2 Å². The Morgan fingerprint density at radius 3 is 3.05 bits per heavy atom. The van der Waals surface area contributed by atoms with Crippen LogP contribution in [0.3, 0.4) is 0 Å². The van der Waals surface area contributed by atoms with Crippen molar-refractivity contribution < 1.29 is 9.90 Å². The van der Waals surface area contributed by atoms with E-state index >= 15 is 0 Å². The van der Waals surface area contributed by atoms with Crippen LogP contribution in [0.2, 0.25) is 0 Å². The van der Waals surface area contributed by atoms with Crippen molar-refractivity contribution in [2.75, 3.05) is 13.1 Å². The van der Waals surface area contributed by atoms with Gasteiger partial charge in [-0.15, -0.1) is 0 Å². The van der Waals surface area contributed by atoms with Crippen molar-refractivity contribution in [1.82, 2.24) is 14.9 Å². The van der Waals surface area contributed by atoms with Gasteiger partial charge in [-0.25, -0.2) is 4.98 Å². The second-order valence-corrected chi connectivity index (χ2v) is 5.74. The van der Waals surface area contributed by atoms with Crippen LogP contribution >= 0.6 is 0 Å². The Morgan fingerprint density at radius 1 is 1.52 bits per heavy atom. The van der Waals surface area contributed by atoms with Crippen LogP contribution in [-0.2, 0) is 4.79 Å². The number of aliphatic carboxylic acids is 1. The van der Waals surface area contributed by atoms with Crippen molar-refractivity contribution in [2.45, 2.75) is 32.2 Å². The van der Waals surface area contributed by atoms with Gasteiger partial charge in [-0.2, -0.15) is 0 Å². The number of H-pyrrole nitrogens is 1. The number of carboxylic acids is 1. The summed E-state index contributed by atoms with van der Waals surface area (Å²) in [6.07, 6.45) is 2.64. The highest BCUT2D eigenvalue weighted by Gasteiger charge is 2.30. The van der Waals surface area contributed by atoms with Crippen LogP contribution in [0.15, 0.2) is 24.3 Å². The van der Waals surface area contributed by atoms with E-state index in [0.29, 0.717) is 6.54 Å². The molecule has 3 rings (SSSR count). The lowest BCUT2D eigenvalue weighted by atomic mass is 9.96. The molecule has 1 aliphatic rings. The van der Waals surface area contributed by atoms with E-state index in [2.05, 4.69) is 21.8 Å². The van der Waals surface area contributed by atoms with Crippen molar-refractivity contribution in [3.05, 3.63) is 30.1 Å². The first-order valence-electron chi connectivity index (χ1n) is 7.60. The molecule has 0 bridgehead atoms. The molecule has 0 amide bonds. The van der Waals surface area contributed by atoms with E-state index in [1.807, 2.05) is 24.3 Å². The molecule has 2 unspecified atom stereocenters. The molecule has 2 heterocycles. The fourth-order valence-corrected chi connectivity index (χ4v) is 3.25. The number of piperidine rings is 1. The first kappa shape index (κ1) is 14.1. The van der Waals surface area contributed by atoms with Crippen molar-refractivity contribution >= 4 is 17.0 Å². The number of carboxylic acid groups (broad SMARTS) is 1. The summed E-state index contributed by atoms with van der Waals surface area (Å²) in [4.78, 5) is 21.6. The number of likely N-dealkylation sites (tertiary alicyclic amines) is 1. The molecule has 1 saturated heterocycles. The number of carbonyl (C=O) groups is 1. The molecular weight excluding hydrogens is 266 g/mol. The summed E-state index contributed by atoms with van der Waals surface area (Å²) in [5.41, 5.74) is 2.01. The maximum absolute atomic E-state index is 11.2. The molecule has 112 valence electrons. The third kappa shape index (κ3) is 2.78. The van der Waals surface area contributed by atoms with Gasteiger partial charge in [-0.05, 0) is 37.9 Å². The number of nitrogens with one attached hydrogen (secondary N) is 1. The van der Waals surface area contributed by atoms with E-state index in [1.54, 1.807) is 0 Å². The molecule has 5 heteroatoms. The highest BCUT2D eigenvalue weighted by atomic mass is 16.4. The standard InChI is InChI=1S/C16H21N3O2/c1-2-14(19-9-5-6-11(10-19)16(20)21)15-17-12-7-3-4-8-13(12)18-15/h3-4,7-8,11,14H,2,5-6,9-10H2,1H3,(H,17,18)(H,20,21). The predicted molar refractivity (Wildman–Crippen MR) is 81.1 cm³/mol. The van der Waals surface area contributed by atoms with Gasteiger partial charge in [-0.1, -0.05) is 19.1 Å². The van der Waals surface area contributed by atoms with Crippen LogP contribution in [0.25, 0.3) is 11.0 Å². The number of benzene rings is 1. The van der Waals surface area contributed by atoms with Gasteiger partial charge in [0.05, 0.1) is 23.0 Å². The van der Waals surface area contributed by atoms with Crippen LogP contribution in [0.5, 0.6) is 0 Å². The average Bonchev–Trinajstić information content (AvgIpc) is 2.91. The second-order valence-electron chi connectivity index (χ2n) is 5.74. The van der Waals surface area contributed by atoms with Gasteiger partial charge >= 0.3 is 5.97 Å². The molecule has 0 aliphatic carbocycles. The lowest BCUT2D eigenvalue weighted by Crippen LogP contribution is -2.41. The fourth-order valence-electron chi connectivity index (χ4n) is 3.25. The van der Waals surface area contributed by atoms with Gasteiger partial charge in [0.2, 0.25) is 0 Å². The summed E-state index contributed by atoms with van der Waals surface area (Å²) in [5, 5.41) is 9.25. The van der Waals surface area contributed by atoms with Crippen LogP contribution < -0.4 is 0 Å². The molecule has 2 atom stereocenters. The van der Waals surface area contributed by atoms with Crippen molar-refractivity contribution in [3.8, 4) is 0 Å². The number of hydrogen-bond donors (Lipinski definition) is 2. The predicted octanol–water partition coefficient (Wildman–Crippen LogP) is 2.81. The molecule has 2 aromatic rings. The minimum atomic E-state index is -0.681. The number of aromatic nitrogens is 2. The Bertz CT molecular complexity index is 604. The van der Waals surface area contributed by atoms with Crippen LogP contribution in [0.4, 0.5) is 0 Å². The maximum Gasteiger partial charge on any atom is 0.307 e. The Morgan fingerprint density at radius 2 is 2.33 bits per heavy atom. The minimum Gasteiger partial charge on any atom is -0.481 e. The van der Waals surface area contributed by atoms with E-state index in [4.69, 9.17) is 0 Å². The summed E-state index contributed by atoms with van der Waals surface area (Å²) < 4.78 is 0. The fraction of sp³-hybridized carbons (Fsp3) is 0.500. The Hall–Kier alpha value is -1.88. The van der Waals surface area contributed by atoms with Gasteiger partial charge in [0.15, 0.2) is 0 Å². The first-order valence-corrected chi connectivity index (χ1v) is 7.60. The van der Waals surface area contributed by atoms with Crippen molar-refractivity contribution in [3.63, 3.8) is 0 Å². The zero-order chi connectivity index (χ0) is 14.8. The molecule has 0 spiro atoms. The first-order chi connectivity index (χ1) is 10.2. The Balaban J connectivity index is 1.85. The van der Waals surface area contributed by atoms with Crippen LogP contribution in [0, 0.1) is 5.92 Å². The normalized spacial score (nSPS) is 21.5. The van der Waals surface area contributed by atoms with Crippen molar-refractivity contribution in [1.29, 1.82) is 0 Å². The van der Waals surface area contributed by atoms with Gasteiger partial charge in [0.1, 0.15) is 5.82 Å². The Kier molecular flexibility index (Phi) is 3.92. The number of imidazole rings is 1. The van der Waals surface area contributed by atoms with Crippen LogP contribution in [-0.4, -0.2) is 39.0 Å². The third-order valence-corrected chi connectivity index (χ3v) is 4.35. The maximum atomic E-state index is 11.2. The minimum absolute atomic E-state index is 0.166. The number of aromatic amines is 1. The molecule has 2 N–H and O–H groups in total. The van der Waals surface area contributed by atoms with E-state index in [-0.39, 0.29) is 12.0 Å². The molecule has 1 fully saturated rings. The van der Waals surface area contributed by atoms with E-state index in [0.717, 1.165) is 42.7 Å². The monoisotopic (exact) mass is 287 g/mol. The molecule has 5 nitrogen and oxygen atoms in total. The molecule has 0 radical (unpaired) electrons.